The fourth-order valence-electron chi connectivity index (χ4n) is 3.04. The van der Waals surface area contributed by atoms with E-state index in [2.05, 4.69) is 10.3 Å². The van der Waals surface area contributed by atoms with Gasteiger partial charge in [-0.3, -0.25) is 14.2 Å². The summed E-state index contributed by atoms with van der Waals surface area (Å²) in [6, 6.07) is 7.08. The maximum absolute atomic E-state index is 12.9. The Labute approximate surface area is 154 Å². The average molecular weight is 377 g/mol. The van der Waals surface area contributed by atoms with Crippen LogP contribution in [0.3, 0.4) is 0 Å². The van der Waals surface area contributed by atoms with Gasteiger partial charge in [-0.1, -0.05) is 36.7 Å². The molecule has 0 spiro atoms. The van der Waals surface area contributed by atoms with Crippen LogP contribution in [0.5, 0.6) is 5.88 Å². The van der Waals surface area contributed by atoms with E-state index in [0.29, 0.717) is 11.7 Å². The molecule has 3 rings (SSSR count). The van der Waals surface area contributed by atoms with Gasteiger partial charge in [-0.2, -0.15) is 4.98 Å². The van der Waals surface area contributed by atoms with Crippen molar-refractivity contribution in [3.05, 3.63) is 52.1 Å². The zero-order valence-electron chi connectivity index (χ0n) is 14.2. The molecule has 1 heterocycles. The zero-order chi connectivity index (χ0) is 18.5. The summed E-state index contributed by atoms with van der Waals surface area (Å²) in [6.07, 6.45) is 3.91. The number of carbonyl (C=O) groups is 1. The van der Waals surface area contributed by atoms with Gasteiger partial charge in [0.05, 0.1) is 11.8 Å². The van der Waals surface area contributed by atoms with Crippen LogP contribution in [0.2, 0.25) is 0 Å². The van der Waals surface area contributed by atoms with Crippen LogP contribution in [0.25, 0.3) is 0 Å². The van der Waals surface area contributed by atoms with E-state index < -0.39 is 0 Å². The summed E-state index contributed by atoms with van der Waals surface area (Å²) in [5.74, 6) is -0.812. The highest BCUT2D eigenvalue weighted by molar-refractivity contribution is 7.99. The lowest BCUT2D eigenvalue weighted by Crippen LogP contribution is -2.27. The number of amides is 1. The Hall–Kier alpha value is -2.35. The normalized spacial score (nSPS) is 14.5. The van der Waals surface area contributed by atoms with Crippen LogP contribution in [-0.4, -0.2) is 26.3 Å². The van der Waals surface area contributed by atoms with E-state index >= 15 is 0 Å². The van der Waals surface area contributed by atoms with Crippen molar-refractivity contribution in [2.45, 2.75) is 43.4 Å². The first kappa shape index (κ1) is 18.4. The second kappa shape index (κ2) is 8.35. The van der Waals surface area contributed by atoms with Gasteiger partial charge in [-0.05, 0) is 30.5 Å². The fourth-order valence-corrected chi connectivity index (χ4v) is 3.94. The second-order valence-corrected chi connectivity index (χ2v) is 7.18. The first-order valence-corrected chi connectivity index (χ1v) is 9.48. The molecule has 138 valence electrons. The van der Waals surface area contributed by atoms with Crippen molar-refractivity contribution in [2.24, 2.45) is 0 Å². The lowest BCUT2D eigenvalue weighted by Gasteiger charge is -2.17. The van der Waals surface area contributed by atoms with Crippen LogP contribution >= 0.6 is 11.8 Å². The summed E-state index contributed by atoms with van der Waals surface area (Å²) in [4.78, 5) is 28.4. The van der Waals surface area contributed by atoms with Crippen molar-refractivity contribution >= 4 is 17.7 Å². The van der Waals surface area contributed by atoms with Crippen molar-refractivity contribution in [1.82, 2.24) is 14.9 Å². The molecule has 0 unspecified atom stereocenters. The van der Waals surface area contributed by atoms with Crippen LogP contribution in [0.4, 0.5) is 4.39 Å². The van der Waals surface area contributed by atoms with Gasteiger partial charge >= 0.3 is 0 Å². The predicted molar refractivity (Wildman–Crippen MR) is 96.6 cm³/mol. The number of thioether (sulfide) groups is 1. The highest BCUT2D eigenvalue weighted by Gasteiger charge is 2.22. The monoisotopic (exact) mass is 377 g/mol. The summed E-state index contributed by atoms with van der Waals surface area (Å²) >= 11 is 1.13. The van der Waals surface area contributed by atoms with Crippen molar-refractivity contribution in [3.8, 4) is 5.88 Å². The van der Waals surface area contributed by atoms with Gasteiger partial charge in [0.2, 0.25) is 11.8 Å². The van der Waals surface area contributed by atoms with Gasteiger partial charge in [-0.25, -0.2) is 4.39 Å². The van der Waals surface area contributed by atoms with Gasteiger partial charge in [0, 0.05) is 12.6 Å². The minimum atomic E-state index is -0.335. The third-order valence-electron chi connectivity index (χ3n) is 4.33. The summed E-state index contributed by atoms with van der Waals surface area (Å²) in [5, 5.41) is 12.7. The Morgan fingerprint density at radius 3 is 2.69 bits per heavy atom. The molecule has 26 heavy (non-hydrogen) atoms. The maximum Gasteiger partial charge on any atom is 0.258 e. The van der Waals surface area contributed by atoms with E-state index in [-0.39, 0.29) is 35.0 Å². The van der Waals surface area contributed by atoms with E-state index in [1.807, 2.05) is 0 Å². The largest absolute Gasteiger partial charge is 0.493 e. The Morgan fingerprint density at radius 1 is 1.31 bits per heavy atom. The minimum Gasteiger partial charge on any atom is -0.493 e. The number of aromatic nitrogens is 2. The Morgan fingerprint density at radius 2 is 2.00 bits per heavy atom. The minimum absolute atomic E-state index is 0.0698. The molecule has 1 aromatic carbocycles. The van der Waals surface area contributed by atoms with Crippen LogP contribution < -0.4 is 10.9 Å². The summed E-state index contributed by atoms with van der Waals surface area (Å²) in [5.41, 5.74) is 0.502. The zero-order valence-corrected chi connectivity index (χ0v) is 15.0. The molecule has 1 saturated carbocycles. The number of halogens is 1. The molecule has 0 saturated heterocycles. The average Bonchev–Trinajstić information content (AvgIpc) is 3.13. The first-order valence-electron chi connectivity index (χ1n) is 8.49. The van der Waals surface area contributed by atoms with Crippen LogP contribution in [0, 0.1) is 5.82 Å². The van der Waals surface area contributed by atoms with Crippen LogP contribution in [0.1, 0.15) is 37.3 Å². The summed E-state index contributed by atoms with van der Waals surface area (Å²) in [6.45, 7) is 0.294. The third kappa shape index (κ3) is 4.63. The lowest BCUT2D eigenvalue weighted by atomic mass is 10.2. The SMILES string of the molecule is O=C(CSc1nc(O)cc(=O)n1C1CCCC1)NCc1ccc(F)cc1. The van der Waals surface area contributed by atoms with E-state index in [1.54, 1.807) is 16.7 Å². The van der Waals surface area contributed by atoms with Gasteiger partial charge in [0.25, 0.3) is 5.56 Å². The molecule has 1 aromatic heterocycles. The highest BCUT2D eigenvalue weighted by Crippen LogP contribution is 2.31. The quantitative estimate of drug-likeness (QED) is 0.597. The highest BCUT2D eigenvalue weighted by atomic mass is 32.2. The number of hydrogen-bond acceptors (Lipinski definition) is 5. The third-order valence-corrected chi connectivity index (χ3v) is 5.28. The molecule has 8 heteroatoms. The number of rotatable bonds is 6. The number of benzene rings is 1. The molecule has 2 aromatic rings. The van der Waals surface area contributed by atoms with E-state index in [1.165, 1.54) is 12.1 Å². The van der Waals surface area contributed by atoms with E-state index in [4.69, 9.17) is 0 Å². The first-order chi connectivity index (χ1) is 12.5. The second-order valence-electron chi connectivity index (χ2n) is 6.24. The molecule has 6 nitrogen and oxygen atoms in total. The molecule has 0 atom stereocenters. The van der Waals surface area contributed by atoms with Crippen molar-refractivity contribution in [2.75, 3.05) is 5.75 Å². The van der Waals surface area contributed by atoms with Crippen LogP contribution in [-0.2, 0) is 11.3 Å². The fraction of sp³-hybridized carbons (Fsp3) is 0.389. The molecule has 2 N–H and O–H groups in total. The van der Waals surface area contributed by atoms with Gasteiger partial charge in [-0.15, -0.1) is 0 Å². The van der Waals surface area contributed by atoms with Crippen molar-refractivity contribution < 1.29 is 14.3 Å². The number of carbonyl (C=O) groups excluding carboxylic acids is 1. The van der Waals surface area contributed by atoms with Crippen LogP contribution in [0.15, 0.2) is 40.3 Å². The maximum atomic E-state index is 12.9. The topological polar surface area (TPSA) is 84.2 Å². The molecular weight excluding hydrogens is 357 g/mol. The lowest BCUT2D eigenvalue weighted by molar-refractivity contribution is -0.118. The Balaban J connectivity index is 1.62. The Bertz CT molecular complexity index is 833. The molecule has 1 aliphatic rings. The standard InChI is InChI=1S/C18H20FN3O3S/c19-13-7-5-12(6-8-13)10-20-16(24)11-26-18-21-15(23)9-17(25)22(18)14-3-1-2-4-14/h5-9,14,23H,1-4,10-11H2,(H,20,24). The smallest absolute Gasteiger partial charge is 0.258 e. The predicted octanol–water partition coefficient (Wildman–Crippen LogP) is 2.61. The number of nitrogens with one attached hydrogen (secondary N) is 1. The molecule has 1 amide bonds. The Kier molecular flexibility index (Phi) is 5.92. The van der Waals surface area contributed by atoms with Gasteiger partial charge in [0.15, 0.2) is 5.16 Å². The van der Waals surface area contributed by atoms with E-state index in [0.717, 1.165) is 49.1 Å². The van der Waals surface area contributed by atoms with Crippen molar-refractivity contribution in [1.29, 1.82) is 0 Å². The molecule has 1 aliphatic carbocycles. The van der Waals surface area contributed by atoms with E-state index in [9.17, 15) is 19.1 Å². The van der Waals surface area contributed by atoms with Gasteiger partial charge < -0.3 is 10.4 Å². The number of nitrogens with zero attached hydrogens (tertiary/aromatic N) is 2. The van der Waals surface area contributed by atoms with Gasteiger partial charge in [0.1, 0.15) is 5.82 Å². The molecular formula is C18H20FN3O3S. The molecule has 0 aliphatic heterocycles. The van der Waals surface area contributed by atoms with Crippen molar-refractivity contribution in [3.63, 3.8) is 0 Å². The molecule has 1 fully saturated rings. The number of aromatic hydroxyl groups is 1. The molecule has 0 bridgehead atoms. The number of hydrogen-bond donors (Lipinski definition) is 2. The summed E-state index contributed by atoms with van der Waals surface area (Å²) in [7, 11) is 0. The molecule has 0 radical (unpaired) electrons. The summed E-state index contributed by atoms with van der Waals surface area (Å²) < 4.78 is 14.5.